The molecule has 16 nitrogen and oxygen atoms in total. The van der Waals surface area contributed by atoms with E-state index in [1.165, 1.54) is 28.1 Å². The van der Waals surface area contributed by atoms with Crippen LogP contribution in [0.5, 0.6) is 0 Å². The van der Waals surface area contributed by atoms with E-state index in [1.807, 2.05) is 29.6 Å². The Morgan fingerprint density at radius 2 is 1.75 bits per heavy atom. The number of hydrogen-bond acceptors (Lipinski definition) is 11. The van der Waals surface area contributed by atoms with Gasteiger partial charge in [0.2, 0.25) is 5.82 Å². The van der Waals surface area contributed by atoms with Crippen LogP contribution in [0.15, 0.2) is 82.3 Å². The molecule has 0 unspecified atom stereocenters. The Balaban J connectivity index is 1.04. The number of rotatable bonds is 7. The van der Waals surface area contributed by atoms with Crippen molar-refractivity contribution < 1.29 is 36.5 Å². The summed E-state index contributed by atoms with van der Waals surface area (Å²) in [4.78, 5) is 49.1. The molecule has 350 valence electrons. The molecule has 18 heteroatoms. The Hall–Kier alpha value is -7.14. The molecule has 4 aliphatic rings. The van der Waals surface area contributed by atoms with Crippen LogP contribution in [0.3, 0.4) is 0 Å². The van der Waals surface area contributed by atoms with Crippen LogP contribution in [0.2, 0.25) is 0 Å². The van der Waals surface area contributed by atoms with E-state index in [1.54, 1.807) is 41.8 Å². The Bertz CT molecular complexity index is 3440. The Morgan fingerprint density at radius 1 is 0.985 bits per heavy atom. The highest BCUT2D eigenvalue weighted by Crippen LogP contribution is 2.46. The fraction of sp³-hybridized carbons (Fsp3) is 0.380. The number of carbonyl (C=O) groups excluding carboxylic acids is 2. The molecule has 1 amide bonds. The first-order valence-electron chi connectivity index (χ1n) is 24.2. The van der Waals surface area contributed by atoms with Gasteiger partial charge in [-0.2, -0.15) is 10.2 Å². The number of aromatic nitrogens is 7. The van der Waals surface area contributed by atoms with E-state index in [0.29, 0.717) is 72.2 Å². The summed E-state index contributed by atoms with van der Waals surface area (Å²) in [6.45, 7) is 8.19. The maximum absolute atomic E-state index is 16.5. The SMILES string of the molecule is [2H]C([2H])([2H])n1ncc2c(F)c(N3C=CN(c4c5c(nn4-c4cc(C)c(F)c(C)c4)CCN(C(=O)c4cc6cc([C@H]7CCOC(C)(C)C7)ccc6n4C4(c6noc(=O)[nH]6)CCOCC4)[C@@H]5C)C3=C=O)ccc21. The van der Waals surface area contributed by atoms with E-state index in [9.17, 15) is 9.59 Å². The van der Waals surface area contributed by atoms with Crippen molar-refractivity contribution in [3.05, 3.63) is 135 Å². The maximum atomic E-state index is 16.5. The van der Waals surface area contributed by atoms with Crippen LogP contribution in [0.25, 0.3) is 27.5 Å². The number of anilines is 2. The van der Waals surface area contributed by atoms with Gasteiger partial charge in [0.25, 0.3) is 5.91 Å². The molecular weight excluding hydrogens is 875 g/mol. The minimum Gasteiger partial charge on any atom is -0.381 e. The largest absolute Gasteiger partial charge is 0.438 e. The molecule has 4 aromatic heterocycles. The topological polar surface area (TPSA) is 162 Å². The number of carbonyl (C=O) groups is 1. The lowest BCUT2D eigenvalue weighted by atomic mass is 9.83. The predicted octanol–water partition coefficient (Wildman–Crippen LogP) is 7.74. The van der Waals surface area contributed by atoms with Gasteiger partial charge < -0.3 is 18.9 Å². The van der Waals surface area contributed by atoms with Crippen molar-refractivity contribution in [1.29, 1.82) is 0 Å². The smallest absolute Gasteiger partial charge is 0.381 e. The van der Waals surface area contributed by atoms with Gasteiger partial charge in [0.05, 0.1) is 45.8 Å². The summed E-state index contributed by atoms with van der Waals surface area (Å²) in [5, 5.41) is 14.0. The zero-order valence-electron chi connectivity index (χ0n) is 41.1. The molecule has 68 heavy (non-hydrogen) atoms. The standard InChI is InChI=1S/C50H50F2N10O6/c1-28-21-34(22-29(2)43(28)51)62-45(60-17-16-59(41(60)27-63)39-10-9-38-35(44(39)52)26-53-57(38)6)42-30(3)58(15-11-36(42)55-62)46(64)40-24-33-23-31(32-12-18-67-49(4,5)25-32)7-8-37(33)61(40)50(13-19-66-20-14-50)47-54-48(65)68-56-47/h7-10,16-17,21-24,26,30,32H,11-15,18-20,25H2,1-6H3,(H,54,56,65)/t30-,32+/m1/s1/i6D3. The minimum atomic E-state index is -2.67. The van der Waals surface area contributed by atoms with Gasteiger partial charge in [-0.3, -0.25) is 28.8 Å². The van der Waals surface area contributed by atoms with Crippen LogP contribution in [0.4, 0.5) is 20.3 Å². The molecule has 1 N–H and O–H groups in total. The van der Waals surface area contributed by atoms with Crippen LogP contribution in [-0.2, 0) is 33.2 Å². The van der Waals surface area contributed by atoms with Gasteiger partial charge in [-0.1, -0.05) is 11.2 Å². The van der Waals surface area contributed by atoms with Gasteiger partial charge in [-0.05, 0) is 113 Å². The number of fused-ring (bicyclic) bond motifs is 3. The average molecular weight is 928 g/mol. The van der Waals surface area contributed by atoms with Gasteiger partial charge in [0.1, 0.15) is 22.9 Å². The number of nitrogens with zero attached hydrogens (tertiary/aromatic N) is 9. The summed E-state index contributed by atoms with van der Waals surface area (Å²) in [7, 11) is 0. The van der Waals surface area contributed by atoms with Crippen molar-refractivity contribution in [3.63, 3.8) is 0 Å². The van der Waals surface area contributed by atoms with Gasteiger partial charge in [0, 0.05) is 85.6 Å². The van der Waals surface area contributed by atoms with Crippen molar-refractivity contribution >= 4 is 45.2 Å². The molecule has 0 aliphatic carbocycles. The summed E-state index contributed by atoms with van der Waals surface area (Å²) >= 11 is 0. The predicted molar refractivity (Wildman–Crippen MR) is 248 cm³/mol. The summed E-state index contributed by atoms with van der Waals surface area (Å²) in [5.74, 6) is 0.408. The third kappa shape index (κ3) is 6.75. The lowest BCUT2D eigenvalue weighted by molar-refractivity contribution is -0.0592. The average Bonchev–Trinajstić information content (AvgIpc) is 4.19. The van der Waals surface area contributed by atoms with E-state index in [4.69, 9.17) is 23.2 Å². The zero-order chi connectivity index (χ0) is 49.9. The van der Waals surface area contributed by atoms with Crippen LogP contribution >= 0.6 is 0 Å². The molecule has 8 heterocycles. The molecule has 2 atom stereocenters. The first-order valence-corrected chi connectivity index (χ1v) is 22.7. The Morgan fingerprint density at radius 3 is 2.47 bits per heavy atom. The first-order chi connectivity index (χ1) is 33.9. The molecule has 3 aromatic carbocycles. The third-order valence-corrected chi connectivity index (χ3v) is 14.3. The number of nitrogens with one attached hydrogen (secondary N) is 1. The molecule has 7 aromatic rings. The summed E-state index contributed by atoms with van der Waals surface area (Å²) < 4.78 is 76.8. The van der Waals surface area contributed by atoms with Crippen LogP contribution < -0.4 is 15.6 Å². The van der Waals surface area contributed by atoms with Crippen LogP contribution in [0.1, 0.15) is 107 Å². The van der Waals surface area contributed by atoms with Crippen LogP contribution in [0, 0.1) is 25.5 Å². The maximum Gasteiger partial charge on any atom is 0.438 e. The lowest BCUT2D eigenvalue weighted by Gasteiger charge is -2.40. The van der Waals surface area contributed by atoms with E-state index in [-0.39, 0.29) is 64.4 Å². The molecule has 0 radical (unpaired) electrons. The van der Waals surface area contributed by atoms with Crippen molar-refractivity contribution in [1.82, 2.24) is 39.2 Å². The number of ether oxygens (including phenoxy) is 2. The number of aromatic amines is 1. The normalized spacial score (nSPS) is 21.0. The monoisotopic (exact) mass is 927 g/mol. The van der Waals surface area contributed by atoms with Gasteiger partial charge in [-0.25, -0.2) is 23.1 Å². The van der Waals surface area contributed by atoms with Crippen LogP contribution in [-0.4, -0.2) is 83.0 Å². The van der Waals surface area contributed by atoms with Crippen molar-refractivity contribution in [2.45, 2.75) is 89.8 Å². The highest BCUT2D eigenvalue weighted by Gasteiger charge is 2.46. The number of benzene rings is 3. The fourth-order valence-corrected chi connectivity index (χ4v) is 11.0. The molecule has 0 bridgehead atoms. The number of halogens is 2. The van der Waals surface area contributed by atoms with E-state index >= 15 is 13.6 Å². The second-order valence-corrected chi connectivity index (χ2v) is 18.8. The molecule has 11 rings (SSSR count). The second kappa shape index (κ2) is 16.0. The lowest BCUT2D eigenvalue weighted by Crippen LogP contribution is -2.46. The third-order valence-electron chi connectivity index (χ3n) is 14.3. The fourth-order valence-electron chi connectivity index (χ4n) is 11.0. The number of hydrogen-bond donors (Lipinski definition) is 1. The second-order valence-electron chi connectivity index (χ2n) is 18.8. The first kappa shape index (κ1) is 40.0. The van der Waals surface area contributed by atoms with Crippen molar-refractivity contribution in [2.75, 3.05) is 36.2 Å². The molecule has 0 saturated carbocycles. The van der Waals surface area contributed by atoms with E-state index < -0.39 is 30.1 Å². The summed E-state index contributed by atoms with van der Waals surface area (Å²) in [6, 6.07) is 13.5. The quantitative estimate of drug-likeness (QED) is 0.156. The van der Waals surface area contributed by atoms with Gasteiger partial charge in [-0.15, -0.1) is 0 Å². The molecule has 0 spiro atoms. The zero-order valence-corrected chi connectivity index (χ0v) is 38.1. The Kier molecular flexibility index (Phi) is 9.40. The van der Waals surface area contributed by atoms with Crippen molar-refractivity contribution in [2.24, 2.45) is 6.98 Å². The molecular formula is C50H50F2N10O6. The number of aryl methyl sites for hydroxylation is 3. The van der Waals surface area contributed by atoms with Gasteiger partial charge in [0.15, 0.2) is 17.6 Å². The minimum absolute atomic E-state index is 0.0376. The van der Waals surface area contributed by atoms with E-state index in [0.717, 1.165) is 40.2 Å². The highest BCUT2D eigenvalue weighted by molar-refractivity contribution is 6.00. The Labute approximate surface area is 393 Å². The highest BCUT2D eigenvalue weighted by atomic mass is 19.1. The van der Waals surface area contributed by atoms with Gasteiger partial charge >= 0.3 is 5.76 Å². The summed E-state index contributed by atoms with van der Waals surface area (Å²) in [5.41, 5.74) is 3.22. The summed E-state index contributed by atoms with van der Waals surface area (Å²) in [6.07, 6.45) is 6.85. The number of H-pyrrole nitrogens is 1. The number of amides is 1. The molecule has 4 aliphatic heterocycles. The molecule has 2 fully saturated rings. The van der Waals surface area contributed by atoms with Crippen molar-refractivity contribution in [3.8, 4) is 5.69 Å². The molecule has 2 saturated heterocycles. The van der Waals surface area contributed by atoms with E-state index in [2.05, 4.69) is 41.2 Å².